The van der Waals surface area contributed by atoms with Gasteiger partial charge < -0.3 is 4.74 Å². The zero-order valence-corrected chi connectivity index (χ0v) is 17.6. The fourth-order valence-electron chi connectivity index (χ4n) is 3.06. The molecule has 0 aliphatic carbocycles. The van der Waals surface area contributed by atoms with Gasteiger partial charge in [-0.25, -0.2) is 9.37 Å². The Morgan fingerprint density at radius 1 is 1.03 bits per heavy atom. The Labute approximate surface area is 186 Å². The van der Waals surface area contributed by atoms with Gasteiger partial charge in [0.2, 0.25) is 0 Å². The van der Waals surface area contributed by atoms with E-state index in [9.17, 15) is 19.3 Å². The molecule has 0 saturated carbocycles. The van der Waals surface area contributed by atoms with E-state index < -0.39 is 16.6 Å². The van der Waals surface area contributed by atoms with E-state index in [0.29, 0.717) is 21.9 Å². The van der Waals surface area contributed by atoms with Crippen molar-refractivity contribution in [1.29, 1.82) is 0 Å². The number of carbonyl (C=O) groups is 1. The highest BCUT2D eigenvalue weighted by Crippen LogP contribution is 2.40. The average Bonchev–Trinajstić information content (AvgIpc) is 3.23. The van der Waals surface area contributed by atoms with Gasteiger partial charge in [-0.3, -0.25) is 20.2 Å². The number of benzene rings is 3. The number of thiazole rings is 1. The molecule has 4 aromatic rings. The molecule has 0 aliphatic rings. The van der Waals surface area contributed by atoms with Crippen LogP contribution in [0, 0.1) is 15.9 Å². The molecule has 0 spiro atoms. The van der Waals surface area contributed by atoms with Crippen molar-refractivity contribution in [3.8, 4) is 27.4 Å². The third-order valence-electron chi connectivity index (χ3n) is 4.67. The van der Waals surface area contributed by atoms with E-state index in [1.165, 1.54) is 41.7 Å². The molecule has 32 heavy (non-hydrogen) atoms. The van der Waals surface area contributed by atoms with Crippen LogP contribution in [0.1, 0.15) is 10.4 Å². The van der Waals surface area contributed by atoms with Crippen molar-refractivity contribution in [1.82, 2.24) is 4.98 Å². The third-order valence-corrected chi connectivity index (χ3v) is 5.69. The molecular formula is C23H16FN3O4S. The summed E-state index contributed by atoms with van der Waals surface area (Å²) < 4.78 is 19.2. The maximum atomic E-state index is 14.0. The van der Waals surface area contributed by atoms with Gasteiger partial charge in [0.15, 0.2) is 5.13 Å². The molecule has 0 atom stereocenters. The topological polar surface area (TPSA) is 94.4 Å². The molecule has 0 radical (unpaired) electrons. The molecule has 9 heteroatoms. The first-order valence-electron chi connectivity index (χ1n) is 9.42. The lowest BCUT2D eigenvalue weighted by Crippen LogP contribution is -2.13. The van der Waals surface area contributed by atoms with E-state index in [1.807, 2.05) is 12.1 Å². The molecule has 0 aliphatic heterocycles. The van der Waals surface area contributed by atoms with Crippen LogP contribution in [0.5, 0.6) is 5.75 Å². The minimum atomic E-state index is -0.632. The highest BCUT2D eigenvalue weighted by Gasteiger charge is 2.19. The summed E-state index contributed by atoms with van der Waals surface area (Å²) in [5, 5.41) is 13.9. The number of amides is 1. The highest BCUT2D eigenvalue weighted by atomic mass is 32.1. The number of ether oxygens (including phenoxy) is 1. The van der Waals surface area contributed by atoms with Crippen molar-refractivity contribution >= 4 is 28.1 Å². The van der Waals surface area contributed by atoms with Gasteiger partial charge >= 0.3 is 0 Å². The Morgan fingerprint density at radius 3 is 2.31 bits per heavy atom. The summed E-state index contributed by atoms with van der Waals surface area (Å²) in [6, 6.07) is 19.0. The molecule has 0 fully saturated rings. The summed E-state index contributed by atoms with van der Waals surface area (Å²) in [7, 11) is 1.57. The minimum absolute atomic E-state index is 0.0302. The lowest BCUT2D eigenvalue weighted by molar-refractivity contribution is -0.384. The van der Waals surface area contributed by atoms with Crippen LogP contribution in [0.3, 0.4) is 0 Å². The zero-order valence-electron chi connectivity index (χ0n) is 16.7. The van der Waals surface area contributed by atoms with Crippen molar-refractivity contribution in [2.24, 2.45) is 0 Å². The SMILES string of the molecule is COc1ccc(-c2nc(NC(=O)c3ccccc3F)sc2-c2ccc([N+](=O)[O-])cc2)cc1. The smallest absolute Gasteiger partial charge is 0.269 e. The number of carbonyl (C=O) groups excluding carboxylic acids is 1. The molecule has 3 aromatic carbocycles. The number of non-ortho nitro benzene ring substituents is 1. The van der Waals surface area contributed by atoms with Gasteiger partial charge in [0.25, 0.3) is 11.6 Å². The van der Waals surface area contributed by atoms with Gasteiger partial charge in [0.05, 0.1) is 28.2 Å². The maximum absolute atomic E-state index is 14.0. The van der Waals surface area contributed by atoms with Gasteiger partial charge in [-0.05, 0) is 54.1 Å². The monoisotopic (exact) mass is 449 g/mol. The van der Waals surface area contributed by atoms with Crippen LogP contribution in [0.2, 0.25) is 0 Å². The Hall–Kier alpha value is -4.11. The van der Waals surface area contributed by atoms with E-state index in [4.69, 9.17) is 4.74 Å². The number of hydrogen-bond acceptors (Lipinski definition) is 6. The van der Waals surface area contributed by atoms with Crippen molar-refractivity contribution in [3.63, 3.8) is 0 Å². The lowest BCUT2D eigenvalue weighted by Gasteiger charge is -2.04. The number of rotatable bonds is 6. The van der Waals surface area contributed by atoms with Crippen molar-refractivity contribution in [3.05, 3.63) is 94.3 Å². The largest absolute Gasteiger partial charge is 0.497 e. The average molecular weight is 449 g/mol. The number of nitro groups is 1. The minimum Gasteiger partial charge on any atom is -0.497 e. The molecule has 1 aromatic heterocycles. The Balaban J connectivity index is 1.74. The van der Waals surface area contributed by atoms with Crippen LogP contribution in [-0.2, 0) is 0 Å². The number of nitro benzene ring substituents is 1. The van der Waals surface area contributed by atoms with E-state index >= 15 is 0 Å². The summed E-state index contributed by atoms with van der Waals surface area (Å²) in [4.78, 5) is 28.3. The van der Waals surface area contributed by atoms with Crippen LogP contribution in [0.25, 0.3) is 21.7 Å². The highest BCUT2D eigenvalue weighted by molar-refractivity contribution is 7.19. The second-order valence-electron chi connectivity index (χ2n) is 6.66. The van der Waals surface area contributed by atoms with Crippen LogP contribution in [0.4, 0.5) is 15.2 Å². The number of anilines is 1. The Kier molecular flexibility index (Phi) is 5.91. The third kappa shape index (κ3) is 4.33. The molecule has 0 bridgehead atoms. The first-order chi connectivity index (χ1) is 15.5. The molecule has 1 heterocycles. The van der Waals surface area contributed by atoms with Gasteiger partial charge in [-0.2, -0.15) is 0 Å². The predicted molar refractivity (Wildman–Crippen MR) is 121 cm³/mol. The summed E-state index contributed by atoms with van der Waals surface area (Å²) in [6.07, 6.45) is 0. The van der Waals surface area contributed by atoms with Crippen LogP contribution < -0.4 is 10.1 Å². The molecule has 160 valence electrons. The van der Waals surface area contributed by atoms with Gasteiger partial charge in [-0.1, -0.05) is 23.5 Å². The summed E-state index contributed by atoms with van der Waals surface area (Å²) in [5.74, 6) is -0.574. The van der Waals surface area contributed by atoms with Gasteiger partial charge in [0.1, 0.15) is 11.6 Å². The molecular weight excluding hydrogens is 433 g/mol. The van der Waals surface area contributed by atoms with Crippen LogP contribution >= 0.6 is 11.3 Å². The first-order valence-corrected chi connectivity index (χ1v) is 10.2. The maximum Gasteiger partial charge on any atom is 0.269 e. The van der Waals surface area contributed by atoms with E-state index in [-0.39, 0.29) is 16.4 Å². The van der Waals surface area contributed by atoms with Crippen molar-refractivity contribution in [2.75, 3.05) is 12.4 Å². The van der Waals surface area contributed by atoms with Gasteiger partial charge in [0, 0.05) is 17.7 Å². The quantitative estimate of drug-likeness (QED) is 0.297. The Morgan fingerprint density at radius 2 is 1.69 bits per heavy atom. The molecule has 4 rings (SSSR count). The second-order valence-corrected chi connectivity index (χ2v) is 7.66. The number of halogens is 1. The van der Waals surface area contributed by atoms with Crippen LogP contribution in [-0.4, -0.2) is 22.9 Å². The van der Waals surface area contributed by atoms with Gasteiger partial charge in [-0.15, -0.1) is 0 Å². The fraction of sp³-hybridized carbons (Fsp3) is 0.0435. The number of nitrogens with zero attached hydrogens (tertiary/aromatic N) is 2. The standard InChI is InChI=1S/C23H16FN3O4S/c1-31-17-12-8-14(9-13-17)20-21(15-6-10-16(11-7-15)27(29)30)32-23(25-20)26-22(28)18-4-2-3-5-19(18)24/h2-13H,1H3,(H,25,26,28). The number of nitrogens with one attached hydrogen (secondary N) is 1. The summed E-state index contributed by atoms with van der Waals surface area (Å²) >= 11 is 1.19. The first kappa shape index (κ1) is 21.1. The zero-order chi connectivity index (χ0) is 22.7. The lowest BCUT2D eigenvalue weighted by atomic mass is 10.1. The second kappa shape index (κ2) is 8.94. The predicted octanol–water partition coefficient (Wildman–Crippen LogP) is 5.79. The number of aromatic nitrogens is 1. The van der Waals surface area contributed by atoms with E-state index in [2.05, 4.69) is 10.3 Å². The van der Waals surface area contributed by atoms with E-state index in [0.717, 1.165) is 5.56 Å². The summed E-state index contributed by atoms with van der Waals surface area (Å²) in [6.45, 7) is 0. The molecule has 1 N–H and O–H groups in total. The number of methoxy groups -OCH3 is 1. The number of hydrogen-bond donors (Lipinski definition) is 1. The van der Waals surface area contributed by atoms with Crippen LogP contribution in [0.15, 0.2) is 72.8 Å². The van der Waals surface area contributed by atoms with E-state index in [1.54, 1.807) is 37.4 Å². The summed E-state index contributed by atoms with van der Waals surface area (Å²) in [5.41, 5.74) is 1.92. The normalized spacial score (nSPS) is 10.6. The molecule has 0 saturated heterocycles. The Bertz CT molecular complexity index is 1290. The fourth-order valence-corrected chi connectivity index (χ4v) is 4.05. The van der Waals surface area contributed by atoms with Crippen molar-refractivity contribution < 1.29 is 18.8 Å². The molecule has 0 unspecified atom stereocenters. The molecule has 7 nitrogen and oxygen atoms in total. The van der Waals surface area contributed by atoms with Crippen molar-refractivity contribution in [2.45, 2.75) is 0 Å². The molecule has 1 amide bonds.